The van der Waals surface area contributed by atoms with Crippen molar-refractivity contribution in [3.63, 3.8) is 0 Å². The lowest BCUT2D eigenvalue weighted by atomic mass is 10.2. The van der Waals surface area contributed by atoms with Crippen molar-refractivity contribution in [1.82, 2.24) is 0 Å². The SMILES string of the molecule is CC(OC(=O)c1ccccc1Cl)C(=O)Nc1ccc(OC(F)F)c(Cl)c1. The van der Waals surface area contributed by atoms with Gasteiger partial charge in [0.15, 0.2) is 6.10 Å². The molecule has 26 heavy (non-hydrogen) atoms. The second-order valence-corrected chi connectivity index (χ2v) is 5.85. The van der Waals surface area contributed by atoms with Crippen molar-refractivity contribution in [3.8, 4) is 5.75 Å². The van der Waals surface area contributed by atoms with Crippen LogP contribution in [0, 0.1) is 0 Å². The van der Waals surface area contributed by atoms with E-state index >= 15 is 0 Å². The number of carbonyl (C=O) groups is 2. The third-order valence-electron chi connectivity index (χ3n) is 3.16. The molecule has 0 spiro atoms. The number of halogens is 4. The molecule has 0 aliphatic rings. The molecule has 1 unspecified atom stereocenters. The van der Waals surface area contributed by atoms with Gasteiger partial charge in [0, 0.05) is 5.69 Å². The molecule has 0 saturated heterocycles. The minimum atomic E-state index is -3.02. The Morgan fingerprint density at radius 2 is 1.77 bits per heavy atom. The van der Waals surface area contributed by atoms with Crippen LogP contribution in [0.4, 0.5) is 14.5 Å². The molecule has 9 heteroatoms. The molecule has 0 heterocycles. The summed E-state index contributed by atoms with van der Waals surface area (Å²) in [5.74, 6) is -1.61. The summed E-state index contributed by atoms with van der Waals surface area (Å²) >= 11 is 11.7. The molecule has 2 aromatic rings. The van der Waals surface area contributed by atoms with Gasteiger partial charge in [0.2, 0.25) is 0 Å². The molecule has 5 nitrogen and oxygen atoms in total. The molecule has 138 valence electrons. The second-order valence-electron chi connectivity index (χ2n) is 5.04. The van der Waals surface area contributed by atoms with E-state index in [4.69, 9.17) is 27.9 Å². The third kappa shape index (κ3) is 5.31. The number of amides is 1. The molecular formula is C17H13Cl2F2NO4. The molecular weight excluding hydrogens is 391 g/mol. The molecule has 0 radical (unpaired) electrons. The second kappa shape index (κ2) is 8.82. The Kier molecular flexibility index (Phi) is 6.76. The summed E-state index contributed by atoms with van der Waals surface area (Å²) < 4.78 is 33.7. The largest absolute Gasteiger partial charge is 0.449 e. The average molecular weight is 404 g/mol. The molecule has 0 fully saturated rings. The van der Waals surface area contributed by atoms with Crippen LogP contribution >= 0.6 is 23.2 Å². The highest BCUT2D eigenvalue weighted by atomic mass is 35.5. The average Bonchev–Trinajstić information content (AvgIpc) is 2.57. The highest BCUT2D eigenvalue weighted by Gasteiger charge is 2.21. The lowest BCUT2D eigenvalue weighted by Gasteiger charge is -2.15. The molecule has 0 aliphatic heterocycles. The van der Waals surface area contributed by atoms with Gasteiger partial charge in [-0.05, 0) is 37.3 Å². The highest BCUT2D eigenvalue weighted by molar-refractivity contribution is 6.33. The van der Waals surface area contributed by atoms with Gasteiger partial charge in [-0.15, -0.1) is 0 Å². The molecule has 2 rings (SSSR count). The lowest BCUT2D eigenvalue weighted by molar-refractivity contribution is -0.123. The Balaban J connectivity index is 2.00. The normalized spacial score (nSPS) is 11.8. The van der Waals surface area contributed by atoms with Crippen molar-refractivity contribution in [3.05, 3.63) is 58.1 Å². The maximum absolute atomic E-state index is 12.2. The number of rotatable bonds is 6. The smallest absolute Gasteiger partial charge is 0.387 e. The predicted octanol–water partition coefficient (Wildman–Crippen LogP) is 4.78. The molecule has 1 atom stereocenters. The van der Waals surface area contributed by atoms with Gasteiger partial charge in [-0.2, -0.15) is 8.78 Å². The fourth-order valence-corrected chi connectivity index (χ4v) is 2.36. The Labute approximate surface area is 157 Å². The summed E-state index contributed by atoms with van der Waals surface area (Å²) in [6.45, 7) is -1.64. The van der Waals surface area contributed by atoms with Gasteiger partial charge in [-0.25, -0.2) is 4.79 Å². The van der Waals surface area contributed by atoms with Crippen molar-refractivity contribution in [2.75, 3.05) is 5.32 Å². The summed E-state index contributed by atoms with van der Waals surface area (Å²) in [7, 11) is 0. The van der Waals surface area contributed by atoms with E-state index in [1.807, 2.05) is 0 Å². The molecule has 2 aromatic carbocycles. The zero-order valence-corrected chi connectivity index (χ0v) is 14.9. The van der Waals surface area contributed by atoms with Gasteiger partial charge in [0.05, 0.1) is 15.6 Å². The van der Waals surface area contributed by atoms with Crippen molar-refractivity contribution >= 4 is 40.8 Å². The predicted molar refractivity (Wildman–Crippen MR) is 93.0 cm³/mol. The number of nitrogens with one attached hydrogen (secondary N) is 1. The monoisotopic (exact) mass is 403 g/mol. The van der Waals surface area contributed by atoms with Crippen LogP contribution in [0.5, 0.6) is 5.75 Å². The Morgan fingerprint density at radius 1 is 1.08 bits per heavy atom. The standard InChI is InChI=1S/C17H13Cl2F2NO4/c1-9(25-16(24)11-4-2-3-5-12(11)18)15(23)22-10-6-7-14(13(19)8-10)26-17(20)21/h2-9,17H,1H3,(H,22,23). The number of hydrogen-bond donors (Lipinski definition) is 1. The minimum absolute atomic E-state index is 0.108. The summed E-state index contributed by atoms with van der Waals surface area (Å²) in [5.41, 5.74) is 0.354. The summed E-state index contributed by atoms with van der Waals surface area (Å²) in [6, 6.07) is 10.00. The maximum Gasteiger partial charge on any atom is 0.387 e. The Hall–Kier alpha value is -2.38. The third-order valence-corrected chi connectivity index (χ3v) is 3.79. The van der Waals surface area contributed by atoms with Crippen LogP contribution in [-0.4, -0.2) is 24.6 Å². The first-order chi connectivity index (χ1) is 12.3. The van der Waals surface area contributed by atoms with E-state index in [2.05, 4.69) is 10.1 Å². The number of anilines is 1. The van der Waals surface area contributed by atoms with E-state index in [0.29, 0.717) is 0 Å². The van der Waals surface area contributed by atoms with Crippen LogP contribution in [-0.2, 0) is 9.53 Å². The van der Waals surface area contributed by atoms with Crippen LogP contribution in [0.2, 0.25) is 10.0 Å². The summed E-state index contributed by atoms with van der Waals surface area (Å²) in [6.07, 6.45) is -1.13. The van der Waals surface area contributed by atoms with E-state index in [1.165, 1.54) is 37.3 Å². The van der Waals surface area contributed by atoms with Crippen LogP contribution in [0.3, 0.4) is 0 Å². The van der Waals surface area contributed by atoms with Gasteiger partial charge in [-0.3, -0.25) is 4.79 Å². The van der Waals surface area contributed by atoms with Gasteiger partial charge in [-0.1, -0.05) is 35.3 Å². The van der Waals surface area contributed by atoms with Crippen molar-refractivity contribution in [1.29, 1.82) is 0 Å². The topological polar surface area (TPSA) is 64.6 Å². The van der Waals surface area contributed by atoms with E-state index < -0.39 is 24.6 Å². The number of benzene rings is 2. The van der Waals surface area contributed by atoms with Crippen LogP contribution < -0.4 is 10.1 Å². The number of carbonyl (C=O) groups excluding carboxylic acids is 2. The maximum atomic E-state index is 12.2. The zero-order chi connectivity index (χ0) is 19.3. The van der Waals surface area contributed by atoms with Gasteiger partial charge < -0.3 is 14.8 Å². The van der Waals surface area contributed by atoms with Crippen LogP contribution in [0.15, 0.2) is 42.5 Å². The lowest BCUT2D eigenvalue weighted by Crippen LogP contribution is -2.30. The van der Waals surface area contributed by atoms with Gasteiger partial charge in [0.25, 0.3) is 5.91 Å². The highest BCUT2D eigenvalue weighted by Crippen LogP contribution is 2.29. The van der Waals surface area contributed by atoms with Crippen molar-refractivity contribution < 1.29 is 27.8 Å². The Morgan fingerprint density at radius 3 is 2.38 bits per heavy atom. The molecule has 0 aliphatic carbocycles. The molecule has 0 aromatic heterocycles. The Bertz CT molecular complexity index is 817. The number of ether oxygens (including phenoxy) is 2. The fraction of sp³-hybridized carbons (Fsp3) is 0.176. The van der Waals surface area contributed by atoms with E-state index in [-0.39, 0.29) is 27.0 Å². The van der Waals surface area contributed by atoms with Crippen LogP contribution in [0.25, 0.3) is 0 Å². The first kappa shape index (κ1) is 19.9. The zero-order valence-electron chi connectivity index (χ0n) is 13.3. The first-order valence-corrected chi connectivity index (χ1v) is 8.04. The van der Waals surface area contributed by atoms with E-state index in [0.717, 1.165) is 0 Å². The molecule has 0 saturated carbocycles. The van der Waals surface area contributed by atoms with E-state index in [1.54, 1.807) is 12.1 Å². The van der Waals surface area contributed by atoms with Crippen molar-refractivity contribution in [2.24, 2.45) is 0 Å². The van der Waals surface area contributed by atoms with E-state index in [9.17, 15) is 18.4 Å². The fourth-order valence-electron chi connectivity index (χ4n) is 1.92. The summed E-state index contributed by atoms with van der Waals surface area (Å²) in [5, 5.41) is 2.55. The number of hydrogen-bond acceptors (Lipinski definition) is 4. The molecule has 1 N–H and O–H groups in total. The quantitative estimate of drug-likeness (QED) is 0.704. The molecule has 1 amide bonds. The van der Waals surface area contributed by atoms with Crippen LogP contribution in [0.1, 0.15) is 17.3 Å². The minimum Gasteiger partial charge on any atom is -0.449 e. The van der Waals surface area contributed by atoms with Gasteiger partial charge >= 0.3 is 12.6 Å². The molecule has 0 bridgehead atoms. The number of alkyl halides is 2. The van der Waals surface area contributed by atoms with Gasteiger partial charge in [0.1, 0.15) is 5.75 Å². The van der Waals surface area contributed by atoms with Crippen molar-refractivity contribution in [2.45, 2.75) is 19.6 Å². The summed E-state index contributed by atoms with van der Waals surface area (Å²) in [4.78, 5) is 24.2. The number of esters is 1. The first-order valence-electron chi connectivity index (χ1n) is 7.28.